The molecule has 3 heterocycles. The van der Waals surface area contributed by atoms with Gasteiger partial charge < -0.3 is 10.2 Å². The van der Waals surface area contributed by atoms with Crippen LogP contribution >= 0.6 is 11.3 Å². The van der Waals surface area contributed by atoms with Gasteiger partial charge in [-0.1, -0.05) is 20.8 Å². The minimum absolute atomic E-state index is 0.0206. The van der Waals surface area contributed by atoms with Gasteiger partial charge in [-0.2, -0.15) is 0 Å². The van der Waals surface area contributed by atoms with Gasteiger partial charge in [0.05, 0.1) is 5.69 Å². The van der Waals surface area contributed by atoms with Gasteiger partial charge in [-0.25, -0.2) is 4.98 Å². The average Bonchev–Trinajstić information content (AvgIpc) is 3.09. The standard InChI is InChI=1S/C20H32N4O2S/c1-14(2)19(26)24-10-6-16(7-11-24)18(25)22-20-21-17(13-27-20)12-23-8-4-15(3)5-9-23/h13-16H,4-12H2,1-3H3,(H,21,22,25). The number of rotatable bonds is 5. The Morgan fingerprint density at radius 3 is 2.48 bits per heavy atom. The highest BCUT2D eigenvalue weighted by Gasteiger charge is 2.28. The van der Waals surface area contributed by atoms with Crippen molar-refractivity contribution >= 4 is 28.3 Å². The molecule has 2 aliphatic rings. The molecule has 1 aromatic rings. The molecule has 150 valence electrons. The van der Waals surface area contributed by atoms with E-state index in [9.17, 15) is 9.59 Å². The minimum Gasteiger partial charge on any atom is -0.342 e. The number of hydrogen-bond acceptors (Lipinski definition) is 5. The van der Waals surface area contributed by atoms with Crippen molar-refractivity contribution < 1.29 is 9.59 Å². The first-order valence-electron chi connectivity index (χ1n) is 10.2. The first-order chi connectivity index (χ1) is 12.9. The number of carbonyl (C=O) groups is 2. The van der Waals surface area contributed by atoms with Crippen molar-refractivity contribution in [3.8, 4) is 0 Å². The molecule has 0 radical (unpaired) electrons. The fourth-order valence-corrected chi connectivity index (χ4v) is 4.53. The second-order valence-electron chi connectivity index (χ2n) is 8.35. The number of piperidine rings is 2. The summed E-state index contributed by atoms with van der Waals surface area (Å²) in [5, 5.41) is 5.74. The molecule has 3 rings (SSSR count). The summed E-state index contributed by atoms with van der Waals surface area (Å²) in [6, 6.07) is 0. The summed E-state index contributed by atoms with van der Waals surface area (Å²) in [5.41, 5.74) is 1.04. The molecule has 0 bridgehead atoms. The maximum Gasteiger partial charge on any atom is 0.229 e. The fraction of sp³-hybridized carbons (Fsp3) is 0.750. The number of aromatic nitrogens is 1. The normalized spacial score (nSPS) is 20.2. The van der Waals surface area contributed by atoms with E-state index in [0.717, 1.165) is 44.1 Å². The van der Waals surface area contributed by atoms with Gasteiger partial charge in [0.1, 0.15) is 0 Å². The molecule has 0 unspecified atom stereocenters. The molecular formula is C20H32N4O2S. The molecular weight excluding hydrogens is 360 g/mol. The highest BCUT2D eigenvalue weighted by atomic mass is 32.1. The van der Waals surface area contributed by atoms with Crippen LogP contribution in [0.25, 0.3) is 0 Å². The van der Waals surface area contributed by atoms with Crippen LogP contribution in [0.5, 0.6) is 0 Å². The maximum atomic E-state index is 12.6. The van der Waals surface area contributed by atoms with Crippen LogP contribution in [0.3, 0.4) is 0 Å². The Morgan fingerprint density at radius 2 is 1.85 bits per heavy atom. The number of nitrogens with zero attached hydrogens (tertiary/aromatic N) is 3. The molecule has 2 saturated heterocycles. The Hall–Kier alpha value is -1.47. The van der Waals surface area contributed by atoms with Gasteiger partial charge in [0, 0.05) is 36.9 Å². The Kier molecular flexibility index (Phi) is 6.87. The lowest BCUT2D eigenvalue weighted by molar-refractivity contribution is -0.137. The van der Waals surface area contributed by atoms with Crippen LogP contribution in [0.1, 0.15) is 52.1 Å². The number of likely N-dealkylation sites (tertiary alicyclic amines) is 2. The third kappa shape index (κ3) is 5.51. The van der Waals surface area contributed by atoms with E-state index in [1.807, 2.05) is 18.7 Å². The Bertz CT molecular complexity index is 644. The van der Waals surface area contributed by atoms with E-state index in [0.29, 0.717) is 18.2 Å². The van der Waals surface area contributed by atoms with Crippen molar-refractivity contribution in [1.82, 2.24) is 14.8 Å². The highest BCUT2D eigenvalue weighted by molar-refractivity contribution is 7.13. The third-order valence-electron chi connectivity index (χ3n) is 5.72. The predicted octanol–water partition coefficient (Wildman–Crippen LogP) is 3.21. The third-order valence-corrected chi connectivity index (χ3v) is 6.52. The average molecular weight is 393 g/mol. The Balaban J connectivity index is 1.45. The molecule has 2 fully saturated rings. The van der Waals surface area contributed by atoms with Gasteiger partial charge in [0.15, 0.2) is 5.13 Å². The van der Waals surface area contributed by atoms with Crippen LogP contribution in [0.15, 0.2) is 5.38 Å². The smallest absolute Gasteiger partial charge is 0.229 e. The summed E-state index contributed by atoms with van der Waals surface area (Å²) in [6.07, 6.45) is 3.97. The summed E-state index contributed by atoms with van der Waals surface area (Å²) >= 11 is 1.51. The lowest BCUT2D eigenvalue weighted by atomic mass is 9.95. The van der Waals surface area contributed by atoms with Crippen molar-refractivity contribution in [3.05, 3.63) is 11.1 Å². The monoisotopic (exact) mass is 392 g/mol. The zero-order valence-electron chi connectivity index (χ0n) is 16.7. The van der Waals surface area contributed by atoms with Crippen molar-refractivity contribution in [1.29, 1.82) is 0 Å². The van der Waals surface area contributed by atoms with E-state index in [-0.39, 0.29) is 23.7 Å². The predicted molar refractivity (Wildman–Crippen MR) is 109 cm³/mol. The van der Waals surface area contributed by atoms with Gasteiger partial charge in [-0.15, -0.1) is 11.3 Å². The number of amides is 2. The van der Waals surface area contributed by atoms with Gasteiger partial charge in [0.25, 0.3) is 0 Å². The zero-order chi connectivity index (χ0) is 19.4. The Labute approximate surface area is 166 Å². The molecule has 6 nitrogen and oxygen atoms in total. The van der Waals surface area contributed by atoms with Crippen LogP contribution in [-0.4, -0.2) is 52.8 Å². The summed E-state index contributed by atoms with van der Waals surface area (Å²) < 4.78 is 0. The van der Waals surface area contributed by atoms with Crippen LogP contribution in [0.2, 0.25) is 0 Å². The molecule has 0 spiro atoms. The van der Waals surface area contributed by atoms with E-state index in [1.54, 1.807) is 0 Å². The summed E-state index contributed by atoms with van der Waals surface area (Å²) in [4.78, 5) is 33.6. The van der Waals surface area contributed by atoms with Crippen molar-refractivity contribution in [2.75, 3.05) is 31.5 Å². The largest absolute Gasteiger partial charge is 0.342 e. The van der Waals surface area contributed by atoms with Crippen LogP contribution in [0.4, 0.5) is 5.13 Å². The first kappa shape index (κ1) is 20.3. The fourth-order valence-electron chi connectivity index (χ4n) is 3.82. The first-order valence-corrected chi connectivity index (χ1v) is 11.1. The zero-order valence-corrected chi connectivity index (χ0v) is 17.6. The summed E-state index contributed by atoms with van der Waals surface area (Å²) in [6.45, 7) is 10.6. The van der Waals surface area contributed by atoms with Crippen LogP contribution in [0, 0.1) is 17.8 Å². The van der Waals surface area contributed by atoms with E-state index in [4.69, 9.17) is 0 Å². The number of carbonyl (C=O) groups excluding carboxylic acids is 2. The van der Waals surface area contributed by atoms with E-state index in [1.165, 1.54) is 24.2 Å². The molecule has 0 aromatic carbocycles. The van der Waals surface area contributed by atoms with E-state index >= 15 is 0 Å². The number of hydrogen-bond donors (Lipinski definition) is 1. The second kappa shape index (κ2) is 9.15. The van der Waals surface area contributed by atoms with Gasteiger partial charge in [0.2, 0.25) is 11.8 Å². The molecule has 1 aromatic heterocycles. The summed E-state index contributed by atoms with van der Waals surface area (Å²) in [5.74, 6) is 1.04. The number of thiazole rings is 1. The Morgan fingerprint density at radius 1 is 1.19 bits per heavy atom. The number of nitrogens with one attached hydrogen (secondary N) is 1. The SMILES string of the molecule is CC1CCN(Cc2csc(NC(=O)C3CCN(C(=O)C(C)C)CC3)n2)CC1. The van der Waals surface area contributed by atoms with Gasteiger partial charge in [-0.05, 0) is 44.7 Å². The molecule has 2 amide bonds. The molecule has 1 N–H and O–H groups in total. The molecule has 0 aliphatic carbocycles. The second-order valence-corrected chi connectivity index (χ2v) is 9.20. The quantitative estimate of drug-likeness (QED) is 0.836. The van der Waals surface area contributed by atoms with Gasteiger partial charge in [-0.3, -0.25) is 14.5 Å². The lowest BCUT2D eigenvalue weighted by Gasteiger charge is -2.32. The van der Waals surface area contributed by atoms with Crippen molar-refractivity contribution in [2.24, 2.45) is 17.8 Å². The molecule has 27 heavy (non-hydrogen) atoms. The highest BCUT2D eigenvalue weighted by Crippen LogP contribution is 2.24. The lowest BCUT2D eigenvalue weighted by Crippen LogP contribution is -2.43. The van der Waals surface area contributed by atoms with Gasteiger partial charge >= 0.3 is 0 Å². The molecule has 2 aliphatic heterocycles. The molecule has 7 heteroatoms. The minimum atomic E-state index is -0.0304. The van der Waals surface area contributed by atoms with E-state index in [2.05, 4.69) is 27.5 Å². The van der Waals surface area contributed by atoms with E-state index < -0.39 is 0 Å². The molecule has 0 atom stereocenters. The van der Waals surface area contributed by atoms with Crippen molar-refractivity contribution in [3.63, 3.8) is 0 Å². The van der Waals surface area contributed by atoms with Crippen LogP contribution < -0.4 is 5.32 Å². The van der Waals surface area contributed by atoms with Crippen LogP contribution in [-0.2, 0) is 16.1 Å². The maximum absolute atomic E-state index is 12.6. The topological polar surface area (TPSA) is 65.5 Å². The molecule has 0 saturated carbocycles. The van der Waals surface area contributed by atoms with Crippen molar-refractivity contribution in [2.45, 2.75) is 53.0 Å². The number of anilines is 1. The summed E-state index contributed by atoms with van der Waals surface area (Å²) in [7, 11) is 0.